The number of rotatable bonds is 2. The van der Waals surface area contributed by atoms with E-state index in [4.69, 9.17) is 11.6 Å². The van der Waals surface area contributed by atoms with E-state index in [1.54, 1.807) is 12.4 Å². The molecule has 1 aliphatic carbocycles. The van der Waals surface area contributed by atoms with Gasteiger partial charge in [-0.25, -0.2) is 0 Å². The first-order chi connectivity index (χ1) is 8.34. The number of nitrogens with one attached hydrogen (secondary N) is 1. The molecule has 86 valence electrons. The Balaban J connectivity index is 1.87. The monoisotopic (exact) mass is 244 g/mol. The van der Waals surface area contributed by atoms with Gasteiger partial charge in [0.25, 0.3) is 0 Å². The van der Waals surface area contributed by atoms with E-state index in [1.807, 2.05) is 6.07 Å². The van der Waals surface area contributed by atoms with Crippen molar-refractivity contribution < 1.29 is 0 Å². The predicted molar refractivity (Wildman–Crippen MR) is 70.4 cm³/mol. The van der Waals surface area contributed by atoms with Gasteiger partial charge in [0, 0.05) is 6.20 Å². The van der Waals surface area contributed by atoms with Gasteiger partial charge in [-0.15, -0.1) is 0 Å². The van der Waals surface area contributed by atoms with Crippen LogP contribution in [0.25, 0.3) is 0 Å². The van der Waals surface area contributed by atoms with Crippen LogP contribution in [-0.2, 0) is 6.42 Å². The van der Waals surface area contributed by atoms with Crippen molar-refractivity contribution in [2.45, 2.75) is 18.9 Å². The highest BCUT2D eigenvalue weighted by Gasteiger charge is 2.22. The van der Waals surface area contributed by atoms with Gasteiger partial charge in [0.1, 0.15) is 0 Å². The molecule has 1 unspecified atom stereocenters. The molecule has 0 aliphatic heterocycles. The summed E-state index contributed by atoms with van der Waals surface area (Å²) >= 11 is 6.13. The minimum atomic E-state index is 0.355. The van der Waals surface area contributed by atoms with Crippen molar-refractivity contribution in [2.75, 3.05) is 5.32 Å². The molecule has 2 nitrogen and oxygen atoms in total. The third-order valence-electron chi connectivity index (χ3n) is 3.23. The Bertz CT molecular complexity index is 539. The van der Waals surface area contributed by atoms with E-state index >= 15 is 0 Å². The zero-order valence-electron chi connectivity index (χ0n) is 9.36. The lowest BCUT2D eigenvalue weighted by Crippen LogP contribution is -2.07. The first-order valence-electron chi connectivity index (χ1n) is 5.78. The third kappa shape index (κ3) is 2.01. The number of nitrogens with zero attached hydrogens (tertiary/aromatic N) is 1. The van der Waals surface area contributed by atoms with Crippen LogP contribution in [0, 0.1) is 0 Å². The standard InChI is InChI=1S/C14H13ClN2/c15-12-7-8-16-9-14(12)17-13-6-5-10-3-1-2-4-11(10)13/h1-4,7-9,13,17H,5-6H2. The SMILES string of the molecule is Clc1ccncc1NC1CCc2ccccc21. The number of anilines is 1. The van der Waals surface area contributed by atoms with Crippen molar-refractivity contribution in [1.82, 2.24) is 4.98 Å². The highest BCUT2D eigenvalue weighted by atomic mass is 35.5. The van der Waals surface area contributed by atoms with Crippen LogP contribution in [0.4, 0.5) is 5.69 Å². The van der Waals surface area contributed by atoms with Crippen molar-refractivity contribution in [1.29, 1.82) is 0 Å². The van der Waals surface area contributed by atoms with Crippen molar-refractivity contribution >= 4 is 17.3 Å². The number of benzene rings is 1. The Morgan fingerprint density at radius 1 is 1.24 bits per heavy atom. The topological polar surface area (TPSA) is 24.9 Å². The van der Waals surface area contributed by atoms with Crippen LogP contribution >= 0.6 is 11.6 Å². The second kappa shape index (κ2) is 4.38. The smallest absolute Gasteiger partial charge is 0.0720 e. The van der Waals surface area contributed by atoms with E-state index in [0.717, 1.165) is 23.6 Å². The molecule has 1 aromatic carbocycles. The Kier molecular flexibility index (Phi) is 2.73. The summed E-state index contributed by atoms with van der Waals surface area (Å²) in [5.74, 6) is 0. The molecule has 0 fully saturated rings. The summed E-state index contributed by atoms with van der Waals surface area (Å²) < 4.78 is 0. The van der Waals surface area contributed by atoms with Gasteiger partial charge < -0.3 is 5.32 Å². The molecule has 0 spiro atoms. The molecular formula is C14H13ClN2. The van der Waals surface area contributed by atoms with Crippen LogP contribution in [0.15, 0.2) is 42.7 Å². The number of aryl methyl sites for hydroxylation is 1. The molecule has 17 heavy (non-hydrogen) atoms. The van der Waals surface area contributed by atoms with Crippen LogP contribution in [-0.4, -0.2) is 4.98 Å². The van der Waals surface area contributed by atoms with E-state index in [0.29, 0.717) is 6.04 Å². The van der Waals surface area contributed by atoms with Gasteiger partial charge in [-0.05, 0) is 30.0 Å². The molecule has 3 rings (SSSR count). The Hall–Kier alpha value is -1.54. The van der Waals surface area contributed by atoms with E-state index < -0.39 is 0 Å². The lowest BCUT2D eigenvalue weighted by Gasteiger charge is -2.16. The van der Waals surface area contributed by atoms with Crippen molar-refractivity contribution in [3.8, 4) is 0 Å². The summed E-state index contributed by atoms with van der Waals surface area (Å²) in [6, 6.07) is 10.7. The van der Waals surface area contributed by atoms with Crippen LogP contribution in [0.1, 0.15) is 23.6 Å². The van der Waals surface area contributed by atoms with E-state index in [9.17, 15) is 0 Å². The van der Waals surface area contributed by atoms with Gasteiger partial charge >= 0.3 is 0 Å². The maximum Gasteiger partial charge on any atom is 0.0720 e. The Labute approximate surface area is 106 Å². The molecule has 1 N–H and O–H groups in total. The largest absolute Gasteiger partial charge is 0.376 e. The van der Waals surface area contributed by atoms with Crippen molar-refractivity contribution in [2.24, 2.45) is 0 Å². The average molecular weight is 245 g/mol. The first kappa shape index (κ1) is 10.6. The number of halogens is 1. The number of hydrogen-bond donors (Lipinski definition) is 1. The summed E-state index contributed by atoms with van der Waals surface area (Å²) in [6.07, 6.45) is 5.73. The summed E-state index contributed by atoms with van der Waals surface area (Å²) in [6.45, 7) is 0. The molecule has 0 saturated carbocycles. The van der Waals surface area contributed by atoms with Crippen molar-refractivity contribution in [3.05, 3.63) is 58.9 Å². The highest BCUT2D eigenvalue weighted by molar-refractivity contribution is 6.33. The van der Waals surface area contributed by atoms with Gasteiger partial charge in [0.2, 0.25) is 0 Å². The van der Waals surface area contributed by atoms with Crippen LogP contribution in [0.5, 0.6) is 0 Å². The van der Waals surface area contributed by atoms with Gasteiger partial charge in [0.15, 0.2) is 0 Å². The third-order valence-corrected chi connectivity index (χ3v) is 3.56. The molecule has 0 saturated heterocycles. The Morgan fingerprint density at radius 2 is 2.12 bits per heavy atom. The van der Waals surface area contributed by atoms with E-state index in [1.165, 1.54) is 11.1 Å². The zero-order chi connectivity index (χ0) is 11.7. The fourth-order valence-corrected chi connectivity index (χ4v) is 2.54. The molecule has 1 aromatic heterocycles. The molecule has 0 amide bonds. The van der Waals surface area contributed by atoms with Gasteiger partial charge in [0.05, 0.1) is 22.9 Å². The molecule has 2 aromatic rings. The van der Waals surface area contributed by atoms with Gasteiger partial charge in [-0.3, -0.25) is 4.98 Å². The molecule has 1 atom stereocenters. The quantitative estimate of drug-likeness (QED) is 0.868. The molecule has 1 heterocycles. The summed E-state index contributed by atoms with van der Waals surface area (Å²) in [5, 5.41) is 4.20. The molecular weight excluding hydrogens is 232 g/mol. The van der Waals surface area contributed by atoms with Gasteiger partial charge in [-0.1, -0.05) is 35.9 Å². The fraction of sp³-hybridized carbons (Fsp3) is 0.214. The summed E-state index contributed by atoms with van der Waals surface area (Å²) in [4.78, 5) is 4.10. The summed E-state index contributed by atoms with van der Waals surface area (Å²) in [5.41, 5.74) is 3.73. The predicted octanol–water partition coefficient (Wildman–Crippen LogP) is 3.83. The zero-order valence-corrected chi connectivity index (χ0v) is 10.1. The van der Waals surface area contributed by atoms with Gasteiger partial charge in [-0.2, -0.15) is 0 Å². The molecule has 3 heteroatoms. The van der Waals surface area contributed by atoms with Crippen LogP contribution in [0.2, 0.25) is 5.02 Å². The molecule has 0 bridgehead atoms. The number of hydrogen-bond acceptors (Lipinski definition) is 2. The summed E-state index contributed by atoms with van der Waals surface area (Å²) in [7, 11) is 0. The maximum absolute atomic E-state index is 6.13. The first-order valence-corrected chi connectivity index (χ1v) is 6.16. The fourth-order valence-electron chi connectivity index (χ4n) is 2.38. The van der Waals surface area contributed by atoms with Crippen molar-refractivity contribution in [3.63, 3.8) is 0 Å². The lowest BCUT2D eigenvalue weighted by molar-refractivity contribution is 0.761. The number of fused-ring (bicyclic) bond motifs is 1. The Morgan fingerprint density at radius 3 is 3.00 bits per heavy atom. The number of aromatic nitrogens is 1. The van der Waals surface area contributed by atoms with E-state index in [2.05, 4.69) is 34.6 Å². The second-order valence-electron chi connectivity index (χ2n) is 4.29. The lowest BCUT2D eigenvalue weighted by atomic mass is 10.1. The maximum atomic E-state index is 6.13. The normalized spacial score (nSPS) is 17.8. The van der Waals surface area contributed by atoms with Crippen LogP contribution in [0.3, 0.4) is 0 Å². The number of pyridine rings is 1. The highest BCUT2D eigenvalue weighted by Crippen LogP contribution is 2.34. The minimum absolute atomic E-state index is 0.355. The van der Waals surface area contributed by atoms with E-state index in [-0.39, 0.29) is 0 Å². The molecule has 1 aliphatic rings. The minimum Gasteiger partial charge on any atom is -0.376 e. The van der Waals surface area contributed by atoms with Crippen LogP contribution < -0.4 is 5.32 Å². The second-order valence-corrected chi connectivity index (χ2v) is 4.70. The molecule has 0 radical (unpaired) electrons. The average Bonchev–Trinajstić information content (AvgIpc) is 2.76.